The minimum absolute atomic E-state index is 0.593. The highest BCUT2D eigenvalue weighted by molar-refractivity contribution is 5.25. The molecule has 2 rings (SSSR count). The van der Waals surface area contributed by atoms with Crippen LogP contribution in [0.5, 0.6) is 0 Å². The van der Waals surface area contributed by atoms with E-state index in [1.54, 1.807) is 0 Å². The van der Waals surface area contributed by atoms with Crippen molar-refractivity contribution in [2.24, 2.45) is 0 Å². The summed E-state index contributed by atoms with van der Waals surface area (Å²) in [6.07, 6.45) is 5.07. The van der Waals surface area contributed by atoms with Gasteiger partial charge in [0.05, 0.1) is 12.0 Å². The van der Waals surface area contributed by atoms with Crippen LogP contribution in [0.25, 0.3) is 0 Å². The lowest BCUT2D eigenvalue weighted by Crippen LogP contribution is -2.16. The van der Waals surface area contributed by atoms with E-state index in [0.29, 0.717) is 5.92 Å². The van der Waals surface area contributed by atoms with Crippen LogP contribution < -0.4 is 5.32 Å². The minimum Gasteiger partial charge on any atom is -0.333 e. The van der Waals surface area contributed by atoms with Crippen LogP contribution in [0.4, 0.5) is 0 Å². The maximum atomic E-state index is 4.45. The molecule has 1 aromatic heterocycles. The van der Waals surface area contributed by atoms with Crippen molar-refractivity contribution in [1.82, 2.24) is 14.9 Å². The van der Waals surface area contributed by atoms with Crippen molar-refractivity contribution in [3.8, 4) is 0 Å². The fourth-order valence-electron chi connectivity index (χ4n) is 2.23. The molecule has 0 saturated heterocycles. The highest BCUT2D eigenvalue weighted by Gasteiger charge is 2.02. The van der Waals surface area contributed by atoms with Crippen molar-refractivity contribution in [2.45, 2.75) is 39.7 Å². The third kappa shape index (κ3) is 4.20. The van der Waals surface area contributed by atoms with E-state index >= 15 is 0 Å². The zero-order chi connectivity index (χ0) is 14.4. The van der Waals surface area contributed by atoms with Crippen molar-refractivity contribution in [2.75, 3.05) is 13.1 Å². The Morgan fingerprint density at radius 3 is 2.60 bits per heavy atom. The van der Waals surface area contributed by atoms with Gasteiger partial charge in [-0.25, -0.2) is 4.98 Å². The number of rotatable bonds is 7. The summed E-state index contributed by atoms with van der Waals surface area (Å²) in [4.78, 5) is 4.45. The smallest absolute Gasteiger partial charge is 0.0952 e. The molecule has 2 aromatic rings. The summed E-state index contributed by atoms with van der Waals surface area (Å²) in [6, 6.07) is 8.88. The van der Waals surface area contributed by atoms with Gasteiger partial charge in [-0.1, -0.05) is 45.0 Å². The Labute approximate surface area is 122 Å². The van der Waals surface area contributed by atoms with Gasteiger partial charge >= 0.3 is 0 Å². The first-order chi connectivity index (χ1) is 9.69. The van der Waals surface area contributed by atoms with E-state index in [1.165, 1.54) is 11.1 Å². The molecule has 3 nitrogen and oxygen atoms in total. The third-order valence-electron chi connectivity index (χ3n) is 3.51. The lowest BCUT2D eigenvalue weighted by Gasteiger charge is -2.07. The van der Waals surface area contributed by atoms with Gasteiger partial charge in [0.2, 0.25) is 0 Å². The van der Waals surface area contributed by atoms with Gasteiger partial charge in [-0.2, -0.15) is 0 Å². The van der Waals surface area contributed by atoms with Gasteiger partial charge < -0.3 is 9.88 Å². The molecule has 3 heteroatoms. The topological polar surface area (TPSA) is 29.9 Å². The second kappa shape index (κ2) is 7.25. The quantitative estimate of drug-likeness (QED) is 0.784. The van der Waals surface area contributed by atoms with Crippen molar-refractivity contribution in [1.29, 1.82) is 0 Å². The molecule has 0 saturated carbocycles. The first kappa shape index (κ1) is 14.8. The van der Waals surface area contributed by atoms with Crippen LogP contribution in [0.1, 0.15) is 43.5 Å². The molecule has 0 fully saturated rings. The molecular weight excluding hydrogens is 246 g/mol. The van der Waals surface area contributed by atoms with Crippen LogP contribution in [-0.4, -0.2) is 22.6 Å². The Balaban J connectivity index is 1.92. The molecule has 0 bridgehead atoms. The molecule has 0 aliphatic rings. The third-order valence-corrected chi connectivity index (χ3v) is 3.51. The molecule has 108 valence electrons. The van der Waals surface area contributed by atoms with Gasteiger partial charge in [-0.15, -0.1) is 0 Å². The predicted octanol–water partition coefficient (Wildman–Crippen LogP) is 3.21. The standard InChI is InChI=1S/C17H25N3/c1-4-18-10-9-17-12-20(13-19-17)11-15-5-7-16(8-6-15)14(2)3/h5-8,12-14,18H,4,9-11H2,1-3H3. The number of hydrogen-bond donors (Lipinski definition) is 1. The zero-order valence-corrected chi connectivity index (χ0v) is 12.8. The molecule has 0 aliphatic heterocycles. The lowest BCUT2D eigenvalue weighted by molar-refractivity contribution is 0.708. The molecule has 0 radical (unpaired) electrons. The molecule has 0 spiro atoms. The monoisotopic (exact) mass is 271 g/mol. The van der Waals surface area contributed by atoms with Crippen LogP contribution >= 0.6 is 0 Å². The summed E-state index contributed by atoms with van der Waals surface area (Å²) in [5.41, 5.74) is 3.88. The summed E-state index contributed by atoms with van der Waals surface area (Å²) < 4.78 is 2.16. The molecule has 1 heterocycles. The molecular formula is C17H25N3. The van der Waals surface area contributed by atoms with Crippen LogP contribution in [0.15, 0.2) is 36.8 Å². The molecule has 20 heavy (non-hydrogen) atoms. The fraction of sp³-hybridized carbons (Fsp3) is 0.471. The van der Waals surface area contributed by atoms with Gasteiger partial charge in [-0.05, 0) is 23.6 Å². The van der Waals surface area contributed by atoms with Crippen LogP contribution in [0.3, 0.4) is 0 Å². The van der Waals surface area contributed by atoms with Crippen molar-refractivity contribution in [3.05, 3.63) is 53.6 Å². The fourth-order valence-corrected chi connectivity index (χ4v) is 2.23. The maximum Gasteiger partial charge on any atom is 0.0952 e. The Morgan fingerprint density at radius 2 is 1.95 bits per heavy atom. The van der Waals surface area contributed by atoms with Crippen molar-refractivity contribution >= 4 is 0 Å². The molecule has 1 aromatic carbocycles. The summed E-state index contributed by atoms with van der Waals surface area (Å²) in [6.45, 7) is 9.48. The van der Waals surface area contributed by atoms with Crippen LogP contribution in [0, 0.1) is 0 Å². The van der Waals surface area contributed by atoms with Gasteiger partial charge in [0.25, 0.3) is 0 Å². The predicted molar refractivity (Wildman–Crippen MR) is 84.1 cm³/mol. The number of aromatic nitrogens is 2. The number of hydrogen-bond acceptors (Lipinski definition) is 2. The Hall–Kier alpha value is -1.61. The molecule has 0 atom stereocenters. The molecule has 0 aliphatic carbocycles. The average Bonchev–Trinajstić information content (AvgIpc) is 2.87. The van der Waals surface area contributed by atoms with E-state index in [9.17, 15) is 0 Å². The largest absolute Gasteiger partial charge is 0.333 e. The zero-order valence-electron chi connectivity index (χ0n) is 12.8. The highest BCUT2D eigenvalue weighted by atomic mass is 15.0. The van der Waals surface area contributed by atoms with Crippen LogP contribution in [0.2, 0.25) is 0 Å². The lowest BCUT2D eigenvalue weighted by atomic mass is 10.0. The minimum atomic E-state index is 0.593. The van der Waals surface area contributed by atoms with E-state index in [2.05, 4.69) is 66.1 Å². The van der Waals surface area contributed by atoms with E-state index in [-0.39, 0.29) is 0 Å². The second-order valence-electron chi connectivity index (χ2n) is 5.54. The first-order valence-corrected chi connectivity index (χ1v) is 7.49. The Kier molecular flexibility index (Phi) is 5.36. The Morgan fingerprint density at radius 1 is 1.20 bits per heavy atom. The summed E-state index contributed by atoms with van der Waals surface area (Å²) >= 11 is 0. The number of imidazole rings is 1. The average molecular weight is 271 g/mol. The van der Waals surface area contributed by atoms with E-state index in [4.69, 9.17) is 0 Å². The number of nitrogens with one attached hydrogen (secondary N) is 1. The number of nitrogens with zero attached hydrogens (tertiary/aromatic N) is 2. The van der Waals surface area contributed by atoms with Crippen molar-refractivity contribution < 1.29 is 0 Å². The summed E-state index contributed by atoms with van der Waals surface area (Å²) in [5, 5.41) is 3.32. The summed E-state index contributed by atoms with van der Waals surface area (Å²) in [5.74, 6) is 0.593. The van der Waals surface area contributed by atoms with E-state index in [1.807, 2.05) is 6.33 Å². The molecule has 0 amide bonds. The Bertz CT molecular complexity index is 511. The molecule has 1 N–H and O–H groups in total. The second-order valence-corrected chi connectivity index (χ2v) is 5.54. The van der Waals surface area contributed by atoms with Crippen molar-refractivity contribution in [3.63, 3.8) is 0 Å². The highest BCUT2D eigenvalue weighted by Crippen LogP contribution is 2.15. The van der Waals surface area contributed by atoms with E-state index < -0.39 is 0 Å². The number of likely N-dealkylation sites (N-methyl/N-ethyl adjacent to an activating group) is 1. The summed E-state index contributed by atoms with van der Waals surface area (Å²) in [7, 11) is 0. The normalized spacial score (nSPS) is 11.2. The van der Waals surface area contributed by atoms with E-state index in [0.717, 1.165) is 31.7 Å². The maximum absolute atomic E-state index is 4.45. The molecule has 0 unspecified atom stereocenters. The SMILES string of the molecule is CCNCCc1cn(Cc2ccc(C(C)C)cc2)cn1. The van der Waals surface area contributed by atoms with Crippen LogP contribution in [-0.2, 0) is 13.0 Å². The van der Waals surface area contributed by atoms with Gasteiger partial charge in [0.15, 0.2) is 0 Å². The van der Waals surface area contributed by atoms with Gasteiger partial charge in [-0.3, -0.25) is 0 Å². The first-order valence-electron chi connectivity index (χ1n) is 7.49. The van der Waals surface area contributed by atoms with Gasteiger partial charge in [0, 0.05) is 25.7 Å². The number of benzene rings is 1. The van der Waals surface area contributed by atoms with Gasteiger partial charge in [0.1, 0.15) is 0 Å².